The van der Waals surface area contributed by atoms with Crippen LogP contribution in [0.4, 0.5) is 0 Å². The zero-order valence-corrected chi connectivity index (χ0v) is 9.55. The van der Waals surface area contributed by atoms with E-state index in [1.165, 1.54) is 22.4 Å². The first kappa shape index (κ1) is 10.5. The number of hydrogen-bond acceptors (Lipinski definition) is 5. The monoisotopic (exact) mass is 262 g/mol. The second-order valence-corrected chi connectivity index (χ2v) is 4.27. The Kier molecular flexibility index (Phi) is 2.99. The Hall–Kier alpha value is -0.980. The normalized spacial score (nSPS) is 10.5. The predicted octanol–water partition coefficient (Wildman–Crippen LogP) is 1.45. The average molecular weight is 263 g/mol. The summed E-state index contributed by atoms with van der Waals surface area (Å²) in [6.07, 6.45) is 2.93. The molecule has 0 amide bonds. The van der Waals surface area contributed by atoms with Gasteiger partial charge in [0.25, 0.3) is 5.56 Å². The summed E-state index contributed by atoms with van der Waals surface area (Å²) in [4.78, 5) is 16.2. The van der Waals surface area contributed by atoms with Crippen molar-refractivity contribution in [3.63, 3.8) is 0 Å². The predicted molar refractivity (Wildman–Crippen MR) is 57.5 cm³/mol. The second kappa shape index (κ2) is 4.26. The van der Waals surface area contributed by atoms with E-state index >= 15 is 0 Å². The van der Waals surface area contributed by atoms with Crippen molar-refractivity contribution in [2.24, 2.45) is 0 Å². The van der Waals surface area contributed by atoms with Crippen LogP contribution in [0, 0.1) is 0 Å². The van der Waals surface area contributed by atoms with Crippen molar-refractivity contribution in [3.05, 3.63) is 37.9 Å². The van der Waals surface area contributed by atoms with Gasteiger partial charge in [-0.3, -0.25) is 9.36 Å². The van der Waals surface area contributed by atoms with E-state index in [4.69, 9.17) is 23.2 Å². The zero-order chi connectivity index (χ0) is 10.8. The molecule has 5 nitrogen and oxygen atoms in total. The van der Waals surface area contributed by atoms with Crippen LogP contribution in [-0.4, -0.2) is 19.1 Å². The van der Waals surface area contributed by atoms with E-state index in [1.807, 2.05) is 0 Å². The summed E-state index contributed by atoms with van der Waals surface area (Å²) in [5, 5.41) is 3.60. The van der Waals surface area contributed by atoms with Crippen molar-refractivity contribution in [2.45, 2.75) is 6.54 Å². The van der Waals surface area contributed by atoms with Gasteiger partial charge in [0.1, 0.15) is 5.02 Å². The Morgan fingerprint density at radius 1 is 1.47 bits per heavy atom. The molecule has 0 saturated heterocycles. The van der Waals surface area contributed by atoms with E-state index < -0.39 is 0 Å². The first-order valence-electron chi connectivity index (χ1n) is 3.85. The molecule has 2 rings (SSSR count). The molecule has 2 aromatic heterocycles. The highest BCUT2D eigenvalue weighted by Gasteiger charge is 2.08. The maximum absolute atomic E-state index is 11.6. The van der Waals surface area contributed by atoms with Gasteiger partial charge < -0.3 is 0 Å². The highest BCUT2D eigenvalue weighted by Crippen LogP contribution is 2.13. The van der Waals surface area contributed by atoms with Gasteiger partial charge in [0.05, 0.1) is 23.9 Å². The van der Waals surface area contributed by atoms with Crippen LogP contribution in [-0.2, 0) is 6.54 Å². The summed E-state index contributed by atoms with van der Waals surface area (Å²) < 4.78 is 5.04. The maximum atomic E-state index is 11.6. The van der Waals surface area contributed by atoms with E-state index in [2.05, 4.69) is 14.6 Å². The lowest BCUT2D eigenvalue weighted by Crippen LogP contribution is -2.21. The fourth-order valence-electron chi connectivity index (χ4n) is 0.982. The van der Waals surface area contributed by atoms with Crippen molar-refractivity contribution < 1.29 is 0 Å². The third-order valence-corrected chi connectivity index (χ3v) is 3.04. The molecule has 0 N–H and O–H groups in total. The van der Waals surface area contributed by atoms with Crippen LogP contribution in [0.15, 0.2) is 17.3 Å². The third kappa shape index (κ3) is 2.17. The number of nitrogens with zero attached hydrogens (tertiary/aromatic N) is 4. The maximum Gasteiger partial charge on any atom is 0.274 e. The number of halogens is 2. The van der Waals surface area contributed by atoms with Gasteiger partial charge in [-0.25, -0.2) is 4.98 Å². The van der Waals surface area contributed by atoms with E-state index in [1.54, 1.807) is 6.20 Å². The van der Waals surface area contributed by atoms with E-state index in [0.717, 1.165) is 4.88 Å². The molecule has 2 aromatic rings. The lowest BCUT2D eigenvalue weighted by molar-refractivity contribution is 0.744. The molecule has 0 aliphatic carbocycles. The van der Waals surface area contributed by atoms with E-state index in [-0.39, 0.29) is 15.7 Å². The SMILES string of the molecule is O=c1c(Cl)c(Cl)ncn1Cc1cnns1. The second-order valence-electron chi connectivity index (χ2n) is 2.67. The summed E-state index contributed by atoms with van der Waals surface area (Å²) in [6, 6.07) is 0. The van der Waals surface area contributed by atoms with Gasteiger partial charge in [-0.05, 0) is 11.5 Å². The van der Waals surface area contributed by atoms with Crippen LogP contribution in [0.3, 0.4) is 0 Å². The molecule has 0 bridgehead atoms. The first-order chi connectivity index (χ1) is 7.18. The fraction of sp³-hybridized carbons (Fsp3) is 0.143. The molecule has 0 fully saturated rings. The minimum absolute atomic E-state index is 0.0142. The fourth-order valence-corrected chi connectivity index (χ4v) is 1.75. The molecule has 0 radical (unpaired) electrons. The summed E-state index contributed by atoms with van der Waals surface area (Å²) in [5.74, 6) is 0. The molecular formula is C7H4Cl2N4OS. The van der Waals surface area contributed by atoms with Gasteiger partial charge in [0, 0.05) is 0 Å². The first-order valence-corrected chi connectivity index (χ1v) is 5.38. The molecule has 0 saturated carbocycles. The quantitative estimate of drug-likeness (QED) is 0.769. The van der Waals surface area contributed by atoms with Gasteiger partial charge in [-0.1, -0.05) is 27.7 Å². The molecule has 2 heterocycles. The van der Waals surface area contributed by atoms with Gasteiger partial charge >= 0.3 is 0 Å². The molecule has 0 aliphatic rings. The molecule has 0 aliphatic heterocycles. The van der Waals surface area contributed by atoms with Gasteiger partial charge in [0.15, 0.2) is 5.15 Å². The molecule has 0 spiro atoms. The highest BCUT2D eigenvalue weighted by molar-refractivity contribution is 7.05. The topological polar surface area (TPSA) is 60.7 Å². The standard InChI is InChI=1S/C7H4Cl2N4OS/c8-5-6(9)10-3-13(7(5)14)2-4-1-11-12-15-4/h1,3H,2H2. The molecule has 8 heteroatoms. The number of aromatic nitrogens is 4. The summed E-state index contributed by atoms with van der Waals surface area (Å²) in [5.41, 5.74) is -0.370. The lowest BCUT2D eigenvalue weighted by atomic mass is 10.5. The minimum Gasteiger partial charge on any atom is -0.292 e. The largest absolute Gasteiger partial charge is 0.292 e. The van der Waals surface area contributed by atoms with Crippen LogP contribution in [0.1, 0.15) is 4.88 Å². The number of rotatable bonds is 2. The van der Waals surface area contributed by atoms with Crippen LogP contribution < -0.4 is 5.56 Å². The van der Waals surface area contributed by atoms with Crippen LogP contribution in [0.5, 0.6) is 0 Å². The zero-order valence-electron chi connectivity index (χ0n) is 7.22. The van der Waals surface area contributed by atoms with E-state index in [0.29, 0.717) is 6.54 Å². The van der Waals surface area contributed by atoms with Crippen LogP contribution in [0.2, 0.25) is 10.2 Å². The van der Waals surface area contributed by atoms with Crippen molar-refractivity contribution >= 4 is 34.7 Å². The smallest absolute Gasteiger partial charge is 0.274 e. The van der Waals surface area contributed by atoms with Gasteiger partial charge in [-0.15, -0.1) is 5.10 Å². The molecule has 78 valence electrons. The van der Waals surface area contributed by atoms with Gasteiger partial charge in [-0.2, -0.15) is 0 Å². The molecular weight excluding hydrogens is 259 g/mol. The number of hydrogen-bond donors (Lipinski definition) is 0. The third-order valence-electron chi connectivity index (χ3n) is 1.67. The molecule has 0 unspecified atom stereocenters. The van der Waals surface area contributed by atoms with Crippen LogP contribution >= 0.6 is 34.7 Å². The summed E-state index contributed by atoms with van der Waals surface area (Å²) in [6.45, 7) is 0.348. The molecule has 15 heavy (non-hydrogen) atoms. The van der Waals surface area contributed by atoms with Crippen molar-refractivity contribution in [1.82, 2.24) is 19.1 Å². The summed E-state index contributed by atoms with van der Waals surface area (Å²) >= 11 is 12.5. The van der Waals surface area contributed by atoms with Gasteiger partial charge in [0.2, 0.25) is 0 Å². The average Bonchev–Trinajstić information content (AvgIpc) is 2.72. The van der Waals surface area contributed by atoms with Crippen LogP contribution in [0.25, 0.3) is 0 Å². The Bertz CT molecular complexity index is 524. The molecule has 0 aromatic carbocycles. The Morgan fingerprint density at radius 2 is 2.27 bits per heavy atom. The Labute approximate surface area is 98.5 Å². The Morgan fingerprint density at radius 3 is 2.93 bits per heavy atom. The lowest BCUT2D eigenvalue weighted by Gasteiger charge is -2.02. The van der Waals surface area contributed by atoms with E-state index in [9.17, 15) is 4.79 Å². The molecule has 0 atom stereocenters. The Balaban J connectivity index is 2.38. The highest BCUT2D eigenvalue weighted by atomic mass is 35.5. The van der Waals surface area contributed by atoms with Crippen molar-refractivity contribution in [1.29, 1.82) is 0 Å². The van der Waals surface area contributed by atoms with Crippen molar-refractivity contribution in [2.75, 3.05) is 0 Å². The summed E-state index contributed by atoms with van der Waals surface area (Å²) in [7, 11) is 0. The van der Waals surface area contributed by atoms with Crippen molar-refractivity contribution in [3.8, 4) is 0 Å². The minimum atomic E-state index is -0.370.